The summed E-state index contributed by atoms with van der Waals surface area (Å²) < 4.78 is 1.00. The molecule has 0 radical (unpaired) electrons. The molecule has 2 rings (SSSR count). The summed E-state index contributed by atoms with van der Waals surface area (Å²) in [6.07, 6.45) is 4.63. The maximum absolute atomic E-state index is 12.6. The lowest BCUT2D eigenvalue weighted by atomic mass is 9.75. The molecule has 20 heavy (non-hydrogen) atoms. The minimum absolute atomic E-state index is 0.135. The Morgan fingerprint density at radius 3 is 2.45 bits per heavy atom. The van der Waals surface area contributed by atoms with E-state index in [4.69, 9.17) is 0 Å². The number of amides is 1. The van der Waals surface area contributed by atoms with Gasteiger partial charge in [0.2, 0.25) is 0 Å². The SMILES string of the molecule is Cc1ccc(C(=O)N(C)C2CCC(C)(C)CC2)cc1Br. The van der Waals surface area contributed by atoms with Gasteiger partial charge in [0, 0.05) is 23.1 Å². The van der Waals surface area contributed by atoms with E-state index in [0.29, 0.717) is 11.5 Å². The maximum Gasteiger partial charge on any atom is 0.253 e. The van der Waals surface area contributed by atoms with Crippen LogP contribution >= 0.6 is 15.9 Å². The zero-order chi connectivity index (χ0) is 14.9. The molecule has 0 heterocycles. The van der Waals surface area contributed by atoms with E-state index < -0.39 is 0 Å². The molecule has 0 aliphatic heterocycles. The summed E-state index contributed by atoms with van der Waals surface area (Å²) in [5, 5.41) is 0. The van der Waals surface area contributed by atoms with Crippen molar-refractivity contribution >= 4 is 21.8 Å². The molecule has 1 saturated carbocycles. The smallest absolute Gasteiger partial charge is 0.253 e. The summed E-state index contributed by atoms with van der Waals surface area (Å²) in [6, 6.07) is 6.23. The van der Waals surface area contributed by atoms with Crippen LogP contribution in [0.3, 0.4) is 0 Å². The average molecular weight is 338 g/mol. The molecule has 110 valence electrons. The number of benzene rings is 1. The van der Waals surface area contributed by atoms with Gasteiger partial charge >= 0.3 is 0 Å². The summed E-state index contributed by atoms with van der Waals surface area (Å²) in [7, 11) is 1.94. The lowest BCUT2D eigenvalue weighted by molar-refractivity contribution is 0.0635. The van der Waals surface area contributed by atoms with E-state index in [1.807, 2.05) is 37.1 Å². The predicted octanol–water partition coefficient (Wildman–Crippen LogP) is 4.80. The van der Waals surface area contributed by atoms with Crippen molar-refractivity contribution in [1.82, 2.24) is 4.90 Å². The zero-order valence-electron chi connectivity index (χ0n) is 12.9. The fraction of sp³-hybridized carbons (Fsp3) is 0.588. The summed E-state index contributed by atoms with van der Waals surface area (Å²) in [5.41, 5.74) is 2.37. The topological polar surface area (TPSA) is 20.3 Å². The van der Waals surface area contributed by atoms with Crippen LogP contribution in [0.15, 0.2) is 22.7 Å². The van der Waals surface area contributed by atoms with Crippen LogP contribution in [-0.4, -0.2) is 23.9 Å². The van der Waals surface area contributed by atoms with Gasteiger partial charge in [-0.2, -0.15) is 0 Å². The molecular weight excluding hydrogens is 314 g/mol. The number of halogens is 1. The van der Waals surface area contributed by atoms with Crippen LogP contribution in [0.2, 0.25) is 0 Å². The molecule has 0 N–H and O–H groups in total. The van der Waals surface area contributed by atoms with E-state index in [1.165, 1.54) is 12.8 Å². The van der Waals surface area contributed by atoms with E-state index in [9.17, 15) is 4.79 Å². The van der Waals surface area contributed by atoms with Crippen molar-refractivity contribution in [2.45, 2.75) is 52.5 Å². The number of nitrogens with zero attached hydrogens (tertiary/aromatic N) is 1. The highest BCUT2D eigenvalue weighted by atomic mass is 79.9. The van der Waals surface area contributed by atoms with Gasteiger partial charge in [-0.05, 0) is 55.7 Å². The Labute approximate surface area is 130 Å². The highest BCUT2D eigenvalue weighted by molar-refractivity contribution is 9.10. The molecule has 1 aromatic rings. The molecule has 0 bridgehead atoms. The van der Waals surface area contributed by atoms with Crippen LogP contribution < -0.4 is 0 Å². The quantitative estimate of drug-likeness (QED) is 0.759. The second-order valence-electron chi connectivity index (χ2n) is 6.78. The Morgan fingerprint density at radius 1 is 1.30 bits per heavy atom. The van der Waals surface area contributed by atoms with Gasteiger partial charge in [-0.25, -0.2) is 0 Å². The van der Waals surface area contributed by atoms with E-state index in [-0.39, 0.29) is 5.91 Å². The average Bonchev–Trinajstić information content (AvgIpc) is 2.40. The maximum atomic E-state index is 12.6. The third-order valence-corrected chi connectivity index (χ3v) is 5.45. The minimum Gasteiger partial charge on any atom is -0.339 e. The number of hydrogen-bond donors (Lipinski definition) is 0. The first-order valence-corrected chi connectivity index (χ1v) is 8.13. The molecule has 0 atom stereocenters. The van der Waals surface area contributed by atoms with Crippen LogP contribution in [0.25, 0.3) is 0 Å². The number of carbonyl (C=O) groups excluding carboxylic acids is 1. The van der Waals surface area contributed by atoms with Crippen LogP contribution in [0.5, 0.6) is 0 Å². The van der Waals surface area contributed by atoms with Crippen molar-refractivity contribution in [2.75, 3.05) is 7.05 Å². The Hall–Kier alpha value is -0.830. The van der Waals surface area contributed by atoms with Gasteiger partial charge in [0.15, 0.2) is 0 Å². The fourth-order valence-corrected chi connectivity index (χ4v) is 3.25. The van der Waals surface area contributed by atoms with E-state index >= 15 is 0 Å². The van der Waals surface area contributed by atoms with Gasteiger partial charge in [-0.3, -0.25) is 4.79 Å². The largest absolute Gasteiger partial charge is 0.339 e. The Bertz CT molecular complexity index is 500. The van der Waals surface area contributed by atoms with Gasteiger partial charge in [-0.1, -0.05) is 35.8 Å². The summed E-state index contributed by atoms with van der Waals surface area (Å²) in [5.74, 6) is 0.135. The van der Waals surface area contributed by atoms with Gasteiger partial charge in [0.05, 0.1) is 0 Å². The molecule has 2 nitrogen and oxygen atoms in total. The first-order valence-electron chi connectivity index (χ1n) is 7.33. The molecule has 1 amide bonds. The van der Waals surface area contributed by atoms with Crippen LogP contribution in [-0.2, 0) is 0 Å². The molecular formula is C17H24BrNO. The van der Waals surface area contributed by atoms with Gasteiger partial charge in [-0.15, -0.1) is 0 Å². The third kappa shape index (κ3) is 3.43. The van der Waals surface area contributed by atoms with Gasteiger partial charge in [0.1, 0.15) is 0 Å². The van der Waals surface area contributed by atoms with Crippen molar-refractivity contribution in [3.63, 3.8) is 0 Å². The fourth-order valence-electron chi connectivity index (χ4n) is 2.87. The monoisotopic (exact) mass is 337 g/mol. The third-order valence-electron chi connectivity index (χ3n) is 4.60. The Kier molecular flexibility index (Phi) is 4.58. The highest BCUT2D eigenvalue weighted by Crippen LogP contribution is 2.36. The molecule has 0 unspecified atom stereocenters. The van der Waals surface area contributed by atoms with Gasteiger partial charge < -0.3 is 4.90 Å². The predicted molar refractivity (Wildman–Crippen MR) is 87.0 cm³/mol. The summed E-state index contributed by atoms with van der Waals surface area (Å²) in [4.78, 5) is 14.5. The van der Waals surface area contributed by atoms with Crippen molar-refractivity contribution in [1.29, 1.82) is 0 Å². The molecule has 1 aliphatic rings. The lowest BCUT2D eigenvalue weighted by Crippen LogP contribution is -2.40. The normalized spacial score (nSPS) is 18.9. The zero-order valence-corrected chi connectivity index (χ0v) is 14.5. The first-order chi connectivity index (χ1) is 9.30. The summed E-state index contributed by atoms with van der Waals surface area (Å²) in [6.45, 7) is 6.68. The molecule has 0 spiro atoms. The molecule has 0 aromatic heterocycles. The van der Waals surface area contributed by atoms with Crippen molar-refractivity contribution in [3.05, 3.63) is 33.8 Å². The van der Waals surface area contributed by atoms with Crippen LogP contribution in [0, 0.1) is 12.3 Å². The lowest BCUT2D eigenvalue weighted by Gasteiger charge is -2.38. The summed E-state index contributed by atoms with van der Waals surface area (Å²) >= 11 is 3.50. The first kappa shape index (κ1) is 15.6. The van der Waals surface area contributed by atoms with Crippen molar-refractivity contribution in [3.8, 4) is 0 Å². The molecule has 1 fully saturated rings. The Balaban J connectivity index is 2.07. The van der Waals surface area contributed by atoms with Crippen molar-refractivity contribution < 1.29 is 4.79 Å². The number of hydrogen-bond acceptors (Lipinski definition) is 1. The van der Waals surface area contributed by atoms with Crippen molar-refractivity contribution in [2.24, 2.45) is 5.41 Å². The van der Waals surface area contributed by atoms with Crippen LogP contribution in [0.4, 0.5) is 0 Å². The van der Waals surface area contributed by atoms with E-state index in [2.05, 4.69) is 29.8 Å². The van der Waals surface area contributed by atoms with Crippen LogP contribution in [0.1, 0.15) is 55.5 Å². The number of aryl methyl sites for hydroxylation is 1. The van der Waals surface area contributed by atoms with E-state index in [0.717, 1.165) is 28.4 Å². The van der Waals surface area contributed by atoms with E-state index in [1.54, 1.807) is 0 Å². The van der Waals surface area contributed by atoms with Gasteiger partial charge in [0.25, 0.3) is 5.91 Å². The molecule has 1 aliphatic carbocycles. The molecule has 0 saturated heterocycles. The second-order valence-corrected chi connectivity index (χ2v) is 7.63. The minimum atomic E-state index is 0.135. The highest BCUT2D eigenvalue weighted by Gasteiger charge is 2.30. The number of rotatable bonds is 2. The molecule has 3 heteroatoms. The standard InChI is InChI=1S/C17H24BrNO/c1-12-5-6-13(11-15(12)18)16(20)19(4)14-7-9-17(2,3)10-8-14/h5-6,11,14H,7-10H2,1-4H3. The number of carbonyl (C=O) groups is 1. The second kappa shape index (κ2) is 5.88. The Morgan fingerprint density at radius 2 is 1.90 bits per heavy atom. The molecule has 1 aromatic carbocycles.